The Morgan fingerprint density at radius 3 is 1.43 bits per heavy atom. The standard InChI is InChI=1S/C34H32N4O.Pt/c1-33(2)25-11-9-13-27(21-25)39-28-14-10-12-26(22-28)34(3,4)38-24-36(30-16-6-8-18-32(30)38)20-19-35-23-37(33)31-17-7-5-15-29(31)35;/h5-18,21-22H,19-20H2,1-4H3;. The van der Waals surface area contributed by atoms with Crippen molar-refractivity contribution in [2.24, 2.45) is 0 Å². The Hall–Kier alpha value is -3.69. The van der Waals surface area contributed by atoms with Crippen LogP contribution in [0.5, 0.6) is 11.5 Å². The van der Waals surface area contributed by atoms with E-state index in [1.807, 2.05) is 0 Å². The number of rotatable bonds is 0. The summed E-state index contributed by atoms with van der Waals surface area (Å²) in [5.41, 5.74) is 7.13. The molecule has 6 heteroatoms. The topological polar surface area (TPSA) is 22.2 Å². The number of anilines is 4. The van der Waals surface area contributed by atoms with E-state index < -0.39 is 17.6 Å². The first-order valence-electron chi connectivity index (χ1n) is 13.9. The summed E-state index contributed by atoms with van der Waals surface area (Å²) in [6.07, 6.45) is 0. The molecule has 0 N–H and O–H groups in total. The van der Waals surface area contributed by atoms with Gasteiger partial charge in [0, 0.05) is 0 Å². The molecular weight excluding hydrogens is 675 g/mol. The molecule has 0 aromatic heterocycles. The van der Waals surface area contributed by atoms with Crippen molar-refractivity contribution in [3.05, 3.63) is 108 Å². The molecular formula is C34H32N4OPt. The monoisotopic (exact) mass is 707 g/mol. The molecule has 0 radical (unpaired) electrons. The van der Waals surface area contributed by atoms with E-state index in [0.717, 1.165) is 24.6 Å². The molecule has 0 unspecified atom stereocenters. The molecule has 4 aromatic carbocycles. The van der Waals surface area contributed by atoms with Crippen molar-refractivity contribution in [2.75, 3.05) is 32.7 Å². The molecule has 4 heterocycles. The van der Waals surface area contributed by atoms with Gasteiger partial charge in [0.05, 0.1) is 0 Å². The molecule has 0 amide bonds. The van der Waals surface area contributed by atoms with Crippen LogP contribution in [0, 0.1) is 0 Å². The number of hydrogen-bond acceptors (Lipinski definition) is 5. The number of ether oxygens (including phenoxy) is 1. The van der Waals surface area contributed by atoms with E-state index in [1.165, 1.54) is 42.2 Å². The number of fused-ring (bicyclic) bond motifs is 10. The van der Waals surface area contributed by atoms with Crippen molar-refractivity contribution in [1.82, 2.24) is 0 Å². The van der Waals surface area contributed by atoms with Crippen molar-refractivity contribution in [3.63, 3.8) is 0 Å². The van der Waals surface area contributed by atoms with Crippen LogP contribution < -0.4 is 24.3 Å². The minimum atomic E-state index is -0.595. The normalized spacial score (nSPS) is 19.7. The van der Waals surface area contributed by atoms with Gasteiger partial charge in [-0.3, -0.25) is 0 Å². The average Bonchev–Trinajstić information content (AvgIpc) is 3.37. The number of para-hydroxylation sites is 4. The summed E-state index contributed by atoms with van der Waals surface area (Å²) >= 11 is -0.595. The van der Waals surface area contributed by atoms with E-state index in [-0.39, 0.29) is 11.1 Å². The fraction of sp³-hybridized carbons (Fsp3) is 0.235. The zero-order chi connectivity index (χ0) is 27.2. The third-order valence-corrected chi connectivity index (χ3v) is 12.0. The van der Waals surface area contributed by atoms with E-state index in [4.69, 9.17) is 4.74 Å². The molecule has 0 atom stereocenters. The Bertz CT molecular complexity index is 1640. The van der Waals surface area contributed by atoms with Crippen LogP contribution >= 0.6 is 0 Å². The molecule has 0 spiro atoms. The first-order valence-corrected chi connectivity index (χ1v) is 16.2. The first kappa shape index (κ1) is 24.1. The molecule has 4 aliphatic heterocycles. The number of hydrogen-bond donors (Lipinski definition) is 0. The Morgan fingerprint density at radius 2 is 0.975 bits per heavy atom. The summed E-state index contributed by atoms with van der Waals surface area (Å²) < 4.78 is 9.42. The maximum atomic E-state index is 6.54. The van der Waals surface area contributed by atoms with Gasteiger partial charge in [-0.2, -0.15) is 0 Å². The van der Waals surface area contributed by atoms with Gasteiger partial charge < -0.3 is 0 Å². The van der Waals surface area contributed by atoms with E-state index in [0.29, 0.717) is 0 Å². The van der Waals surface area contributed by atoms with Crippen LogP contribution in [0.1, 0.15) is 38.8 Å². The summed E-state index contributed by atoms with van der Waals surface area (Å²) in [6, 6.07) is 35.2. The molecule has 0 aliphatic carbocycles. The Labute approximate surface area is 243 Å². The van der Waals surface area contributed by atoms with Gasteiger partial charge in [-0.1, -0.05) is 0 Å². The second-order valence-electron chi connectivity index (χ2n) is 11.8. The zero-order valence-electron chi connectivity index (χ0n) is 23.2. The molecule has 5 nitrogen and oxygen atoms in total. The maximum absolute atomic E-state index is 6.54. The van der Waals surface area contributed by atoms with Crippen LogP contribution in [-0.4, -0.2) is 21.4 Å². The fourth-order valence-electron chi connectivity index (χ4n) is 6.51. The molecule has 0 saturated heterocycles. The van der Waals surface area contributed by atoms with Crippen LogP contribution in [0.3, 0.4) is 0 Å². The molecule has 204 valence electrons. The van der Waals surface area contributed by atoms with Crippen molar-refractivity contribution in [3.8, 4) is 11.5 Å². The first-order chi connectivity index (χ1) is 19.3. The summed E-state index contributed by atoms with van der Waals surface area (Å²) in [6.45, 7) is 11.3. The predicted octanol–water partition coefficient (Wildman–Crippen LogP) is 6.89. The number of nitrogens with zero attached hydrogens (tertiary/aromatic N) is 4. The molecule has 8 rings (SSSR count). The van der Waals surface area contributed by atoms with E-state index in [2.05, 4.69) is 144 Å². The van der Waals surface area contributed by atoms with Gasteiger partial charge in [-0.05, 0) is 0 Å². The quantitative estimate of drug-likeness (QED) is 0.198. The van der Waals surface area contributed by atoms with Crippen molar-refractivity contribution in [1.29, 1.82) is 0 Å². The summed E-state index contributed by atoms with van der Waals surface area (Å²) in [4.78, 5) is 10.5. The van der Waals surface area contributed by atoms with Crippen LogP contribution in [-0.2, 0) is 28.7 Å². The summed E-state index contributed by atoms with van der Waals surface area (Å²) in [7, 11) is 0. The van der Waals surface area contributed by atoms with Crippen LogP contribution in [0.25, 0.3) is 0 Å². The minimum absolute atomic E-state index is 0.285. The van der Waals surface area contributed by atoms with Gasteiger partial charge in [0.1, 0.15) is 0 Å². The van der Waals surface area contributed by atoms with Crippen LogP contribution in [0.4, 0.5) is 22.7 Å². The van der Waals surface area contributed by atoms with Gasteiger partial charge in [0.15, 0.2) is 0 Å². The third-order valence-electron chi connectivity index (χ3n) is 8.70. The van der Waals surface area contributed by atoms with Crippen molar-refractivity contribution < 1.29 is 22.4 Å². The predicted molar refractivity (Wildman–Crippen MR) is 162 cm³/mol. The fourth-order valence-corrected chi connectivity index (χ4v) is 11.0. The Morgan fingerprint density at radius 1 is 0.550 bits per heavy atom. The van der Waals surface area contributed by atoms with Gasteiger partial charge in [0.2, 0.25) is 0 Å². The molecule has 6 bridgehead atoms. The van der Waals surface area contributed by atoms with Gasteiger partial charge in [-0.15, -0.1) is 0 Å². The summed E-state index contributed by atoms with van der Waals surface area (Å²) in [5, 5.41) is 0. The van der Waals surface area contributed by atoms with E-state index in [9.17, 15) is 0 Å². The zero-order valence-corrected chi connectivity index (χ0v) is 25.4. The second kappa shape index (κ2) is 8.41. The van der Waals surface area contributed by atoms with Gasteiger partial charge in [-0.25, -0.2) is 0 Å². The van der Waals surface area contributed by atoms with E-state index in [1.54, 1.807) is 0 Å². The average molecular weight is 708 g/mol. The SMILES string of the molecule is CC1(C)c2cccc(c2)Oc2cccc(c2)C(C)(C)N2[C]3=[Pt]=[C]4N(CCN3c3ccccc32)c2ccccc2N41. The molecule has 0 saturated carbocycles. The molecule has 40 heavy (non-hydrogen) atoms. The Kier molecular flexibility index (Phi) is 5.07. The van der Waals surface area contributed by atoms with Crippen LogP contribution in [0.15, 0.2) is 97.1 Å². The summed E-state index contributed by atoms with van der Waals surface area (Å²) in [5.74, 6) is 1.74. The Balaban J connectivity index is 1.49. The van der Waals surface area contributed by atoms with Crippen LogP contribution in [0.2, 0.25) is 0 Å². The van der Waals surface area contributed by atoms with Gasteiger partial charge >= 0.3 is 245 Å². The molecule has 0 fully saturated rings. The molecule has 4 aromatic rings. The van der Waals surface area contributed by atoms with Crippen molar-refractivity contribution >= 4 is 31.0 Å². The number of benzene rings is 4. The second-order valence-corrected chi connectivity index (χ2v) is 14.4. The van der Waals surface area contributed by atoms with Gasteiger partial charge in [0.25, 0.3) is 0 Å². The van der Waals surface area contributed by atoms with E-state index >= 15 is 0 Å². The molecule has 4 aliphatic rings. The third kappa shape index (κ3) is 3.31. The van der Waals surface area contributed by atoms with Crippen molar-refractivity contribution in [2.45, 2.75) is 38.8 Å².